The van der Waals surface area contributed by atoms with E-state index >= 15 is 0 Å². The number of rotatable bonds is 4. The highest BCUT2D eigenvalue weighted by Gasteiger charge is 2.13. The van der Waals surface area contributed by atoms with E-state index in [1.54, 1.807) is 12.1 Å². The highest BCUT2D eigenvalue weighted by molar-refractivity contribution is 6.41. The highest BCUT2D eigenvalue weighted by atomic mass is 35.5. The number of hydrogen-bond donors (Lipinski definition) is 1. The quantitative estimate of drug-likeness (QED) is 0.842. The number of aromatic nitrogens is 2. The van der Waals surface area contributed by atoms with Gasteiger partial charge in [0.2, 0.25) is 0 Å². The fourth-order valence-electron chi connectivity index (χ4n) is 2.07. The van der Waals surface area contributed by atoms with Crippen molar-refractivity contribution in [1.29, 1.82) is 0 Å². The number of aryl methyl sites for hydroxylation is 1. The molecule has 0 unspecified atom stereocenters. The molecule has 0 atom stereocenters. The van der Waals surface area contributed by atoms with Crippen molar-refractivity contribution in [3.63, 3.8) is 0 Å². The first-order chi connectivity index (χ1) is 9.38. The van der Waals surface area contributed by atoms with E-state index in [9.17, 15) is 0 Å². The van der Waals surface area contributed by atoms with Crippen molar-refractivity contribution in [2.45, 2.75) is 26.3 Å². The number of anilines is 1. The normalized spacial score (nSPS) is 11.2. The van der Waals surface area contributed by atoms with Crippen LogP contribution in [0.5, 0.6) is 0 Å². The Hall–Kier alpha value is -0.900. The fourth-order valence-corrected chi connectivity index (χ4v) is 3.02. The van der Waals surface area contributed by atoms with E-state index in [-0.39, 0.29) is 0 Å². The fraction of sp³-hybridized carbons (Fsp3) is 0.357. The average Bonchev–Trinajstić information content (AvgIpc) is 2.69. The molecule has 0 saturated heterocycles. The molecule has 1 aromatic carbocycles. The van der Waals surface area contributed by atoms with Gasteiger partial charge in [0.1, 0.15) is 0 Å². The van der Waals surface area contributed by atoms with Gasteiger partial charge in [-0.2, -0.15) is 5.10 Å². The Bertz CT molecular complexity index is 597. The summed E-state index contributed by atoms with van der Waals surface area (Å²) in [6, 6.07) is 3.34. The maximum atomic E-state index is 6.16. The van der Waals surface area contributed by atoms with Gasteiger partial charge in [0.05, 0.1) is 21.4 Å². The Morgan fingerprint density at radius 1 is 1.20 bits per heavy atom. The number of benzene rings is 1. The summed E-state index contributed by atoms with van der Waals surface area (Å²) in [5, 5.41) is 9.27. The van der Waals surface area contributed by atoms with Gasteiger partial charge in [0.25, 0.3) is 0 Å². The van der Waals surface area contributed by atoms with Gasteiger partial charge in [-0.1, -0.05) is 48.7 Å². The summed E-state index contributed by atoms with van der Waals surface area (Å²) in [5.41, 5.74) is 2.89. The standard InChI is InChI=1S/C14H16Cl3N3/c1-8(2)13-9(7-20(3)19-13)6-18-14-11(16)4-10(15)5-12(14)17/h4-5,7-8,18H,6H2,1-3H3. The summed E-state index contributed by atoms with van der Waals surface area (Å²) in [5.74, 6) is 0.365. The van der Waals surface area contributed by atoms with Gasteiger partial charge in [-0.05, 0) is 18.1 Å². The van der Waals surface area contributed by atoms with Gasteiger partial charge in [-0.3, -0.25) is 4.68 Å². The van der Waals surface area contributed by atoms with Crippen LogP contribution < -0.4 is 5.32 Å². The lowest BCUT2D eigenvalue weighted by molar-refractivity contribution is 0.712. The second-order valence-corrected chi connectivity index (χ2v) is 6.22. The van der Waals surface area contributed by atoms with Crippen LogP contribution in [0.1, 0.15) is 31.0 Å². The summed E-state index contributed by atoms with van der Waals surface area (Å²) in [7, 11) is 1.91. The molecule has 3 nitrogen and oxygen atoms in total. The molecule has 1 N–H and O–H groups in total. The lowest BCUT2D eigenvalue weighted by Gasteiger charge is -2.11. The number of nitrogens with zero attached hydrogens (tertiary/aromatic N) is 2. The van der Waals surface area contributed by atoms with Gasteiger partial charge < -0.3 is 5.32 Å². The summed E-state index contributed by atoms with van der Waals surface area (Å²) >= 11 is 18.2. The van der Waals surface area contributed by atoms with Gasteiger partial charge >= 0.3 is 0 Å². The average molecular weight is 333 g/mol. The monoisotopic (exact) mass is 331 g/mol. The van der Waals surface area contributed by atoms with Crippen LogP contribution in [-0.2, 0) is 13.6 Å². The molecule has 0 saturated carbocycles. The van der Waals surface area contributed by atoms with Crippen molar-refractivity contribution >= 4 is 40.5 Å². The molecule has 2 rings (SSSR count). The zero-order valence-corrected chi connectivity index (χ0v) is 13.8. The molecule has 0 amide bonds. The van der Waals surface area contributed by atoms with Crippen LogP contribution in [0.25, 0.3) is 0 Å². The molecule has 6 heteroatoms. The molecule has 1 heterocycles. The third-order valence-electron chi connectivity index (χ3n) is 2.95. The molecule has 0 spiro atoms. The molecule has 2 aromatic rings. The van der Waals surface area contributed by atoms with Crippen LogP contribution in [-0.4, -0.2) is 9.78 Å². The molecule has 1 aromatic heterocycles. The SMILES string of the molecule is CC(C)c1nn(C)cc1CNc1c(Cl)cc(Cl)cc1Cl. The highest BCUT2D eigenvalue weighted by Crippen LogP contribution is 2.34. The first-order valence-electron chi connectivity index (χ1n) is 6.29. The van der Waals surface area contributed by atoms with Crippen LogP contribution in [0.15, 0.2) is 18.3 Å². The lowest BCUT2D eigenvalue weighted by Crippen LogP contribution is -2.03. The van der Waals surface area contributed by atoms with Crippen LogP contribution in [0, 0.1) is 0 Å². The topological polar surface area (TPSA) is 29.9 Å². The van der Waals surface area contributed by atoms with Crippen molar-refractivity contribution in [1.82, 2.24) is 9.78 Å². The minimum absolute atomic E-state index is 0.365. The van der Waals surface area contributed by atoms with E-state index in [0.717, 1.165) is 11.3 Å². The van der Waals surface area contributed by atoms with Crippen LogP contribution in [0.3, 0.4) is 0 Å². The van der Waals surface area contributed by atoms with E-state index in [0.29, 0.717) is 33.2 Å². The van der Waals surface area contributed by atoms with Crippen molar-refractivity contribution in [3.05, 3.63) is 44.7 Å². The van der Waals surface area contributed by atoms with E-state index in [1.807, 2.05) is 17.9 Å². The third-order valence-corrected chi connectivity index (χ3v) is 3.76. The summed E-state index contributed by atoms with van der Waals surface area (Å²) in [6.45, 7) is 4.85. The van der Waals surface area contributed by atoms with Crippen molar-refractivity contribution in [2.75, 3.05) is 5.32 Å². The molecule has 108 valence electrons. The van der Waals surface area contributed by atoms with E-state index in [4.69, 9.17) is 34.8 Å². The summed E-state index contributed by atoms with van der Waals surface area (Å²) < 4.78 is 1.82. The zero-order chi connectivity index (χ0) is 14.9. The van der Waals surface area contributed by atoms with Crippen molar-refractivity contribution in [2.24, 2.45) is 7.05 Å². The Balaban J connectivity index is 2.21. The molecular weight excluding hydrogens is 317 g/mol. The minimum Gasteiger partial charge on any atom is -0.378 e. The van der Waals surface area contributed by atoms with Crippen LogP contribution >= 0.6 is 34.8 Å². The largest absolute Gasteiger partial charge is 0.378 e. The van der Waals surface area contributed by atoms with Gasteiger partial charge in [-0.15, -0.1) is 0 Å². The maximum Gasteiger partial charge on any atom is 0.0722 e. The smallest absolute Gasteiger partial charge is 0.0722 e. The molecule has 0 fully saturated rings. The zero-order valence-electron chi connectivity index (χ0n) is 11.5. The minimum atomic E-state index is 0.365. The van der Waals surface area contributed by atoms with E-state index in [1.165, 1.54) is 0 Å². The Morgan fingerprint density at radius 3 is 2.35 bits per heavy atom. The Kier molecular flexibility index (Phi) is 4.84. The number of nitrogens with one attached hydrogen (secondary N) is 1. The van der Waals surface area contributed by atoms with E-state index < -0.39 is 0 Å². The molecule has 20 heavy (non-hydrogen) atoms. The van der Waals surface area contributed by atoms with Gasteiger partial charge in [-0.25, -0.2) is 0 Å². The Labute approximate surface area is 133 Å². The molecule has 0 aliphatic rings. The first-order valence-corrected chi connectivity index (χ1v) is 7.42. The van der Waals surface area contributed by atoms with Crippen LogP contribution in [0.2, 0.25) is 15.1 Å². The van der Waals surface area contributed by atoms with Gasteiger partial charge in [0.15, 0.2) is 0 Å². The maximum absolute atomic E-state index is 6.16. The molecular formula is C14H16Cl3N3. The summed E-state index contributed by atoms with van der Waals surface area (Å²) in [6.07, 6.45) is 2.00. The second kappa shape index (κ2) is 6.25. The third kappa shape index (κ3) is 3.40. The molecule has 0 bridgehead atoms. The molecule has 0 radical (unpaired) electrons. The second-order valence-electron chi connectivity index (χ2n) is 4.97. The Morgan fingerprint density at radius 2 is 1.80 bits per heavy atom. The summed E-state index contributed by atoms with van der Waals surface area (Å²) in [4.78, 5) is 0. The lowest BCUT2D eigenvalue weighted by atomic mass is 10.1. The van der Waals surface area contributed by atoms with Crippen molar-refractivity contribution in [3.8, 4) is 0 Å². The van der Waals surface area contributed by atoms with E-state index in [2.05, 4.69) is 24.3 Å². The first kappa shape index (κ1) is 15.5. The van der Waals surface area contributed by atoms with Gasteiger partial charge in [0, 0.05) is 30.4 Å². The number of halogens is 3. The predicted molar refractivity (Wildman–Crippen MR) is 86.1 cm³/mol. The van der Waals surface area contributed by atoms with Crippen molar-refractivity contribution < 1.29 is 0 Å². The van der Waals surface area contributed by atoms with Crippen LogP contribution in [0.4, 0.5) is 5.69 Å². The molecule has 0 aliphatic carbocycles. The molecule has 0 aliphatic heterocycles. The predicted octanol–water partition coefficient (Wildman–Crippen LogP) is 5.12. The number of hydrogen-bond acceptors (Lipinski definition) is 2.